The van der Waals surface area contributed by atoms with Crippen molar-refractivity contribution in [1.29, 1.82) is 0 Å². The van der Waals surface area contributed by atoms with E-state index in [2.05, 4.69) is 5.32 Å². The molecule has 1 N–H and O–H groups in total. The van der Waals surface area contributed by atoms with Crippen LogP contribution >= 0.6 is 0 Å². The second-order valence-electron chi connectivity index (χ2n) is 8.58. The number of hydrogen-bond donors (Lipinski definition) is 1. The van der Waals surface area contributed by atoms with Crippen LogP contribution in [-0.2, 0) is 26.3 Å². The molecular formula is C25H35FN4O4S. The maximum Gasteiger partial charge on any atom is 0.304 e. The summed E-state index contributed by atoms with van der Waals surface area (Å²) in [6.45, 7) is 5.42. The van der Waals surface area contributed by atoms with Crippen molar-refractivity contribution in [2.24, 2.45) is 0 Å². The Hall–Kier alpha value is -2.98. The van der Waals surface area contributed by atoms with Crippen molar-refractivity contribution in [3.63, 3.8) is 0 Å². The van der Waals surface area contributed by atoms with E-state index in [1.54, 1.807) is 6.92 Å². The number of hydrogen-bond acceptors (Lipinski definition) is 4. The standard InChI is InChI=1S/C25H35FN4O4S/c1-6-7-15-27-25(32)20(3)29(17-21-12-10-11-19(2)16-21)24(31)18-30(35(33,34)28(4)5)23-14-9-8-13-22(23)26/h8-14,16,20H,6-7,15,17-18H2,1-5H3,(H,27,32)/t20-/m0/s1. The third-order valence-electron chi connectivity index (χ3n) is 5.57. The van der Waals surface area contributed by atoms with Crippen LogP contribution in [0.4, 0.5) is 10.1 Å². The molecule has 0 heterocycles. The highest BCUT2D eigenvalue weighted by Gasteiger charge is 2.33. The van der Waals surface area contributed by atoms with Gasteiger partial charge in [0.15, 0.2) is 0 Å². The molecule has 0 fully saturated rings. The Labute approximate surface area is 207 Å². The van der Waals surface area contributed by atoms with E-state index in [4.69, 9.17) is 0 Å². The minimum Gasteiger partial charge on any atom is -0.354 e. The van der Waals surface area contributed by atoms with Gasteiger partial charge in [-0.25, -0.2) is 8.70 Å². The second kappa shape index (κ2) is 12.6. The molecule has 0 unspecified atom stereocenters. The fourth-order valence-electron chi connectivity index (χ4n) is 3.48. The quantitative estimate of drug-likeness (QED) is 0.448. The van der Waals surface area contributed by atoms with Crippen molar-refractivity contribution in [3.05, 3.63) is 65.5 Å². The zero-order valence-corrected chi connectivity index (χ0v) is 21.8. The number of carbonyl (C=O) groups is 2. The van der Waals surface area contributed by atoms with Crippen LogP contribution in [0.2, 0.25) is 0 Å². The van der Waals surface area contributed by atoms with E-state index in [1.807, 2.05) is 38.1 Å². The van der Waals surface area contributed by atoms with Crippen LogP contribution in [-0.4, -0.2) is 62.7 Å². The van der Waals surface area contributed by atoms with Crippen molar-refractivity contribution in [2.75, 3.05) is 31.5 Å². The molecule has 0 saturated carbocycles. The number of anilines is 1. The number of rotatable bonds is 12. The van der Waals surface area contributed by atoms with Crippen molar-refractivity contribution < 1.29 is 22.4 Å². The van der Waals surface area contributed by atoms with E-state index < -0.39 is 34.5 Å². The topological polar surface area (TPSA) is 90.0 Å². The Bertz CT molecular complexity index is 1120. The van der Waals surface area contributed by atoms with Crippen LogP contribution in [0.5, 0.6) is 0 Å². The lowest BCUT2D eigenvalue weighted by Gasteiger charge is -2.33. The summed E-state index contributed by atoms with van der Waals surface area (Å²) in [5.74, 6) is -1.74. The number of halogens is 1. The van der Waals surface area contributed by atoms with Gasteiger partial charge in [-0.2, -0.15) is 12.7 Å². The Kier molecular flexibility index (Phi) is 10.2. The number of carbonyl (C=O) groups excluding carboxylic acids is 2. The van der Waals surface area contributed by atoms with Gasteiger partial charge in [0.05, 0.1) is 5.69 Å². The number of unbranched alkanes of at least 4 members (excludes halogenated alkanes) is 1. The summed E-state index contributed by atoms with van der Waals surface area (Å²) in [5, 5.41) is 2.83. The van der Waals surface area contributed by atoms with Gasteiger partial charge in [-0.1, -0.05) is 55.3 Å². The lowest BCUT2D eigenvalue weighted by atomic mass is 10.1. The van der Waals surface area contributed by atoms with E-state index in [0.29, 0.717) is 6.54 Å². The van der Waals surface area contributed by atoms with Crippen LogP contribution in [0, 0.1) is 12.7 Å². The highest BCUT2D eigenvalue weighted by Crippen LogP contribution is 2.24. The van der Waals surface area contributed by atoms with Crippen LogP contribution in [0.25, 0.3) is 0 Å². The third kappa shape index (κ3) is 7.50. The normalized spacial score (nSPS) is 12.3. The number of nitrogens with one attached hydrogen (secondary N) is 1. The second-order valence-corrected chi connectivity index (χ2v) is 10.6. The van der Waals surface area contributed by atoms with Gasteiger partial charge in [0, 0.05) is 27.2 Å². The SMILES string of the molecule is CCCCNC(=O)[C@H](C)N(Cc1cccc(C)c1)C(=O)CN(c1ccccc1F)S(=O)(=O)N(C)C. The molecule has 0 aliphatic rings. The maximum absolute atomic E-state index is 14.6. The highest BCUT2D eigenvalue weighted by molar-refractivity contribution is 7.90. The van der Waals surface area contributed by atoms with Crippen molar-refractivity contribution in [2.45, 2.75) is 46.2 Å². The smallest absolute Gasteiger partial charge is 0.304 e. The molecule has 192 valence electrons. The Balaban J connectivity index is 2.43. The van der Waals surface area contributed by atoms with Crippen LogP contribution in [0.1, 0.15) is 37.8 Å². The molecule has 0 aliphatic heterocycles. The van der Waals surface area contributed by atoms with E-state index >= 15 is 0 Å². The number of amides is 2. The van der Waals surface area contributed by atoms with Gasteiger partial charge in [-0.15, -0.1) is 0 Å². The molecule has 0 spiro atoms. The summed E-state index contributed by atoms with van der Waals surface area (Å²) >= 11 is 0. The molecule has 0 saturated heterocycles. The van der Waals surface area contributed by atoms with E-state index in [1.165, 1.54) is 37.2 Å². The number of aryl methyl sites for hydroxylation is 1. The molecular weight excluding hydrogens is 471 g/mol. The first-order valence-corrected chi connectivity index (χ1v) is 13.0. The number of para-hydroxylation sites is 1. The van der Waals surface area contributed by atoms with Gasteiger partial charge < -0.3 is 10.2 Å². The molecule has 0 aromatic heterocycles. The fraction of sp³-hybridized carbons (Fsp3) is 0.440. The molecule has 0 bridgehead atoms. The molecule has 10 heteroatoms. The van der Waals surface area contributed by atoms with Gasteiger partial charge in [0.2, 0.25) is 11.8 Å². The molecule has 35 heavy (non-hydrogen) atoms. The summed E-state index contributed by atoms with van der Waals surface area (Å²) in [6, 6.07) is 12.0. The minimum atomic E-state index is -4.21. The van der Waals surface area contributed by atoms with E-state index in [9.17, 15) is 22.4 Å². The van der Waals surface area contributed by atoms with Gasteiger partial charge >= 0.3 is 10.2 Å². The van der Waals surface area contributed by atoms with Crippen molar-refractivity contribution >= 4 is 27.7 Å². The molecule has 2 amide bonds. The van der Waals surface area contributed by atoms with E-state index in [0.717, 1.165) is 38.6 Å². The summed E-state index contributed by atoms with van der Waals surface area (Å²) in [7, 11) is -1.59. The van der Waals surface area contributed by atoms with E-state index in [-0.39, 0.29) is 18.1 Å². The first kappa shape index (κ1) is 28.3. The molecule has 2 rings (SSSR count). The summed E-state index contributed by atoms with van der Waals surface area (Å²) in [5.41, 5.74) is 1.53. The fourth-order valence-corrected chi connectivity index (χ4v) is 4.55. The molecule has 0 radical (unpaired) electrons. The Morgan fingerprint density at radius 2 is 1.77 bits per heavy atom. The predicted octanol–water partition coefficient (Wildman–Crippen LogP) is 3.08. The first-order valence-electron chi connectivity index (χ1n) is 11.6. The highest BCUT2D eigenvalue weighted by atomic mass is 32.2. The maximum atomic E-state index is 14.6. The molecule has 2 aromatic carbocycles. The lowest BCUT2D eigenvalue weighted by molar-refractivity contribution is -0.139. The molecule has 8 nitrogen and oxygen atoms in total. The average Bonchev–Trinajstić information content (AvgIpc) is 2.81. The summed E-state index contributed by atoms with van der Waals surface area (Å²) in [6.07, 6.45) is 1.70. The third-order valence-corrected chi connectivity index (χ3v) is 7.38. The molecule has 2 aromatic rings. The zero-order valence-electron chi connectivity index (χ0n) is 21.0. The average molecular weight is 507 g/mol. The monoisotopic (exact) mass is 506 g/mol. The van der Waals surface area contributed by atoms with Crippen molar-refractivity contribution in [3.8, 4) is 0 Å². The number of benzene rings is 2. The van der Waals surface area contributed by atoms with Gasteiger partial charge in [0.1, 0.15) is 18.4 Å². The van der Waals surface area contributed by atoms with Crippen LogP contribution < -0.4 is 9.62 Å². The largest absolute Gasteiger partial charge is 0.354 e. The van der Waals surface area contributed by atoms with Crippen LogP contribution in [0.3, 0.4) is 0 Å². The Morgan fingerprint density at radius 1 is 1.09 bits per heavy atom. The van der Waals surface area contributed by atoms with Gasteiger partial charge in [-0.3, -0.25) is 9.59 Å². The predicted molar refractivity (Wildman–Crippen MR) is 135 cm³/mol. The van der Waals surface area contributed by atoms with Crippen molar-refractivity contribution in [1.82, 2.24) is 14.5 Å². The minimum absolute atomic E-state index is 0.0933. The first-order chi connectivity index (χ1) is 16.5. The molecule has 0 aliphatic carbocycles. The summed E-state index contributed by atoms with van der Waals surface area (Å²) < 4.78 is 42.4. The summed E-state index contributed by atoms with van der Waals surface area (Å²) in [4.78, 5) is 27.7. The lowest BCUT2D eigenvalue weighted by Crippen LogP contribution is -2.52. The number of nitrogens with zero attached hydrogens (tertiary/aromatic N) is 3. The molecule has 1 atom stereocenters. The Morgan fingerprint density at radius 3 is 2.37 bits per heavy atom. The zero-order chi connectivity index (χ0) is 26.2. The van der Waals surface area contributed by atoms with Gasteiger partial charge in [-0.05, 0) is 38.0 Å². The van der Waals surface area contributed by atoms with Crippen LogP contribution in [0.15, 0.2) is 48.5 Å². The van der Waals surface area contributed by atoms with Gasteiger partial charge in [0.25, 0.3) is 0 Å².